The molecule has 0 atom stereocenters. The number of hydrogen-bond acceptors (Lipinski definition) is 4. The molecule has 1 heterocycles. The summed E-state index contributed by atoms with van der Waals surface area (Å²) in [6, 6.07) is 9.32. The zero-order chi connectivity index (χ0) is 15.3. The maximum Gasteiger partial charge on any atom is 0.329 e. The van der Waals surface area contributed by atoms with Gasteiger partial charge in [0.1, 0.15) is 18.0 Å². The van der Waals surface area contributed by atoms with E-state index in [-0.39, 0.29) is 12.5 Å². The highest BCUT2D eigenvalue weighted by molar-refractivity contribution is 5.77. The molecule has 6 nitrogen and oxygen atoms in total. The number of likely N-dealkylation sites (tertiary alicyclic amines) is 1. The van der Waals surface area contributed by atoms with Crippen LogP contribution in [0, 0.1) is 0 Å². The van der Waals surface area contributed by atoms with Gasteiger partial charge in [-0.1, -0.05) is 18.2 Å². The summed E-state index contributed by atoms with van der Waals surface area (Å²) in [7, 11) is 0. The highest BCUT2D eigenvalue weighted by Crippen LogP contribution is 2.25. The molecule has 0 unspecified atom stereocenters. The van der Waals surface area contributed by atoms with Crippen molar-refractivity contribution in [1.82, 2.24) is 4.90 Å². The number of para-hydroxylation sites is 1. The SMILES string of the molecule is CC1(OCC(=O)O)CN(C(=O)CCOc2ccccc2)C1. The predicted octanol–water partition coefficient (Wildman–Crippen LogP) is 1.16. The monoisotopic (exact) mass is 293 g/mol. The number of hydrogen-bond donors (Lipinski definition) is 1. The van der Waals surface area contributed by atoms with Crippen LogP contribution in [0.4, 0.5) is 0 Å². The minimum Gasteiger partial charge on any atom is -0.493 e. The topological polar surface area (TPSA) is 76.1 Å². The fraction of sp³-hybridized carbons (Fsp3) is 0.467. The number of aliphatic carboxylic acids is 1. The second kappa shape index (κ2) is 6.58. The first-order valence-electron chi connectivity index (χ1n) is 6.80. The fourth-order valence-corrected chi connectivity index (χ4v) is 2.20. The van der Waals surface area contributed by atoms with Crippen LogP contribution in [0.3, 0.4) is 0 Å². The van der Waals surface area contributed by atoms with Crippen LogP contribution in [-0.2, 0) is 14.3 Å². The van der Waals surface area contributed by atoms with E-state index in [1.165, 1.54) is 0 Å². The van der Waals surface area contributed by atoms with Gasteiger partial charge in [-0.2, -0.15) is 0 Å². The Morgan fingerprint density at radius 1 is 1.29 bits per heavy atom. The van der Waals surface area contributed by atoms with Crippen LogP contribution in [0.15, 0.2) is 30.3 Å². The number of carboxylic acids is 1. The van der Waals surface area contributed by atoms with Gasteiger partial charge in [-0.05, 0) is 19.1 Å². The molecule has 1 saturated heterocycles. The third-order valence-corrected chi connectivity index (χ3v) is 3.28. The Morgan fingerprint density at radius 2 is 1.95 bits per heavy atom. The average molecular weight is 293 g/mol. The van der Waals surface area contributed by atoms with Gasteiger partial charge in [-0.25, -0.2) is 4.79 Å². The summed E-state index contributed by atoms with van der Waals surface area (Å²) < 4.78 is 10.7. The van der Waals surface area contributed by atoms with Gasteiger partial charge in [-0.15, -0.1) is 0 Å². The van der Waals surface area contributed by atoms with Crippen molar-refractivity contribution in [1.29, 1.82) is 0 Å². The highest BCUT2D eigenvalue weighted by atomic mass is 16.5. The largest absolute Gasteiger partial charge is 0.493 e. The lowest BCUT2D eigenvalue weighted by atomic mass is 9.96. The van der Waals surface area contributed by atoms with E-state index in [9.17, 15) is 9.59 Å². The maximum absolute atomic E-state index is 11.9. The summed E-state index contributed by atoms with van der Waals surface area (Å²) in [6.45, 7) is 2.64. The van der Waals surface area contributed by atoms with Gasteiger partial charge < -0.3 is 19.5 Å². The Kier molecular flexibility index (Phi) is 4.80. The minimum atomic E-state index is -1.00. The predicted molar refractivity (Wildman–Crippen MR) is 75.1 cm³/mol. The molecule has 1 N–H and O–H groups in total. The molecule has 1 aliphatic heterocycles. The van der Waals surface area contributed by atoms with E-state index >= 15 is 0 Å². The number of rotatable bonds is 7. The summed E-state index contributed by atoms with van der Waals surface area (Å²) in [5.41, 5.74) is -0.547. The zero-order valence-corrected chi connectivity index (χ0v) is 11.9. The highest BCUT2D eigenvalue weighted by Gasteiger charge is 2.42. The van der Waals surface area contributed by atoms with Crippen molar-refractivity contribution in [3.05, 3.63) is 30.3 Å². The van der Waals surface area contributed by atoms with E-state index in [0.29, 0.717) is 26.1 Å². The molecule has 0 bridgehead atoms. The second-order valence-corrected chi connectivity index (χ2v) is 5.29. The normalized spacial score (nSPS) is 16.1. The van der Waals surface area contributed by atoms with Gasteiger partial charge in [0, 0.05) is 0 Å². The van der Waals surface area contributed by atoms with Crippen LogP contribution >= 0.6 is 0 Å². The van der Waals surface area contributed by atoms with E-state index in [1.807, 2.05) is 30.3 Å². The molecule has 0 saturated carbocycles. The summed E-state index contributed by atoms with van der Waals surface area (Å²) in [4.78, 5) is 24.0. The molecule has 1 aromatic carbocycles. The Morgan fingerprint density at radius 3 is 2.57 bits per heavy atom. The van der Waals surface area contributed by atoms with Crippen LogP contribution in [0.2, 0.25) is 0 Å². The number of carbonyl (C=O) groups excluding carboxylic acids is 1. The van der Waals surface area contributed by atoms with Crippen molar-refractivity contribution in [3.63, 3.8) is 0 Å². The van der Waals surface area contributed by atoms with Crippen molar-refractivity contribution in [2.24, 2.45) is 0 Å². The van der Waals surface area contributed by atoms with E-state index in [2.05, 4.69) is 0 Å². The van der Waals surface area contributed by atoms with Crippen molar-refractivity contribution >= 4 is 11.9 Å². The van der Waals surface area contributed by atoms with Crippen LogP contribution in [0.25, 0.3) is 0 Å². The van der Waals surface area contributed by atoms with Crippen molar-refractivity contribution in [3.8, 4) is 5.75 Å². The molecule has 1 fully saturated rings. The molecule has 0 radical (unpaired) electrons. The molecule has 114 valence electrons. The number of ether oxygens (including phenoxy) is 2. The number of nitrogens with zero attached hydrogens (tertiary/aromatic N) is 1. The van der Waals surface area contributed by atoms with Crippen molar-refractivity contribution in [2.75, 3.05) is 26.3 Å². The number of carboxylic acid groups (broad SMARTS) is 1. The molecular formula is C15H19NO5. The van der Waals surface area contributed by atoms with Gasteiger partial charge in [0.25, 0.3) is 0 Å². The van der Waals surface area contributed by atoms with E-state index in [1.54, 1.807) is 11.8 Å². The van der Waals surface area contributed by atoms with Gasteiger partial charge in [0.15, 0.2) is 0 Å². The zero-order valence-electron chi connectivity index (χ0n) is 11.9. The Hall–Kier alpha value is -2.08. The van der Waals surface area contributed by atoms with Gasteiger partial charge in [0.05, 0.1) is 26.1 Å². The van der Waals surface area contributed by atoms with Crippen LogP contribution in [0.5, 0.6) is 5.75 Å². The lowest BCUT2D eigenvalue weighted by Crippen LogP contribution is -2.63. The molecule has 2 rings (SSSR count). The number of benzene rings is 1. The van der Waals surface area contributed by atoms with E-state index in [0.717, 1.165) is 5.75 Å². The number of carbonyl (C=O) groups is 2. The van der Waals surface area contributed by atoms with Crippen LogP contribution in [-0.4, -0.2) is 53.8 Å². The minimum absolute atomic E-state index is 0.0117. The van der Waals surface area contributed by atoms with Gasteiger partial charge >= 0.3 is 5.97 Å². The summed E-state index contributed by atoms with van der Waals surface area (Å²) in [5.74, 6) is -0.275. The summed E-state index contributed by atoms with van der Waals surface area (Å²) in [6.07, 6.45) is 0.296. The van der Waals surface area contributed by atoms with E-state index < -0.39 is 11.6 Å². The molecule has 0 aliphatic carbocycles. The lowest BCUT2D eigenvalue weighted by molar-refractivity contribution is -0.173. The fourth-order valence-electron chi connectivity index (χ4n) is 2.20. The quantitative estimate of drug-likeness (QED) is 0.816. The first kappa shape index (κ1) is 15.3. The Labute approximate surface area is 123 Å². The Balaban J connectivity index is 1.66. The molecule has 1 aliphatic rings. The van der Waals surface area contributed by atoms with Crippen LogP contribution < -0.4 is 4.74 Å². The Bertz CT molecular complexity index is 496. The molecule has 1 aromatic rings. The third kappa shape index (κ3) is 4.46. The van der Waals surface area contributed by atoms with Gasteiger partial charge in [0.2, 0.25) is 5.91 Å². The van der Waals surface area contributed by atoms with Crippen LogP contribution in [0.1, 0.15) is 13.3 Å². The molecule has 1 amide bonds. The summed E-state index contributed by atoms with van der Waals surface area (Å²) >= 11 is 0. The van der Waals surface area contributed by atoms with Gasteiger partial charge in [-0.3, -0.25) is 4.79 Å². The van der Waals surface area contributed by atoms with Crippen molar-refractivity contribution < 1.29 is 24.2 Å². The molecule has 0 aromatic heterocycles. The first-order chi connectivity index (χ1) is 9.98. The standard InChI is InChI=1S/C15H19NO5/c1-15(21-9-14(18)19)10-16(11-15)13(17)7-8-20-12-5-3-2-4-6-12/h2-6H,7-11H2,1H3,(H,18,19). The third-order valence-electron chi connectivity index (χ3n) is 3.28. The number of amides is 1. The second-order valence-electron chi connectivity index (χ2n) is 5.29. The molecule has 21 heavy (non-hydrogen) atoms. The van der Waals surface area contributed by atoms with E-state index in [4.69, 9.17) is 14.6 Å². The lowest BCUT2D eigenvalue weighted by Gasteiger charge is -2.47. The maximum atomic E-state index is 11.9. The smallest absolute Gasteiger partial charge is 0.329 e. The van der Waals surface area contributed by atoms with Crippen molar-refractivity contribution in [2.45, 2.75) is 18.9 Å². The molecule has 6 heteroatoms. The molecular weight excluding hydrogens is 274 g/mol. The molecule has 0 spiro atoms. The summed E-state index contributed by atoms with van der Waals surface area (Å²) in [5, 5.41) is 8.57. The first-order valence-corrected chi connectivity index (χ1v) is 6.80. The average Bonchev–Trinajstić information content (AvgIpc) is 2.43.